The second kappa shape index (κ2) is 5.98. The fraction of sp³-hybridized carbons (Fsp3) is 0.429. The Bertz CT molecular complexity index is 591. The molecule has 1 aliphatic carbocycles. The summed E-state index contributed by atoms with van der Waals surface area (Å²) in [5.74, 6) is -0.180. The van der Waals surface area contributed by atoms with Gasteiger partial charge in [0.05, 0.1) is 22.4 Å². The monoisotopic (exact) mass is 314 g/mol. The van der Waals surface area contributed by atoms with Gasteiger partial charge < -0.3 is 5.32 Å². The Labute approximate surface area is 124 Å². The molecule has 1 saturated carbocycles. The third-order valence-electron chi connectivity index (χ3n) is 3.02. The number of nitrogens with one attached hydrogen (secondary N) is 1. The minimum atomic E-state index is -4.58. The summed E-state index contributed by atoms with van der Waals surface area (Å²) < 4.78 is 38.6. The zero-order valence-electron chi connectivity index (χ0n) is 11.2. The maximum atomic E-state index is 12.9. The minimum Gasteiger partial charge on any atom is -0.352 e. The van der Waals surface area contributed by atoms with E-state index >= 15 is 0 Å². The van der Waals surface area contributed by atoms with Crippen LogP contribution in [0.2, 0.25) is 0 Å². The van der Waals surface area contributed by atoms with Crippen molar-refractivity contribution in [3.63, 3.8) is 0 Å². The molecule has 0 saturated heterocycles. The Morgan fingerprint density at radius 3 is 2.67 bits per heavy atom. The highest BCUT2D eigenvalue weighted by Gasteiger charge is 2.34. The number of carbonyl (C=O) groups is 1. The summed E-state index contributed by atoms with van der Waals surface area (Å²) >= 11 is 1.05. The Balaban J connectivity index is 2.13. The van der Waals surface area contributed by atoms with Crippen molar-refractivity contribution in [2.45, 2.75) is 42.1 Å². The first-order valence-corrected chi connectivity index (χ1v) is 7.27. The van der Waals surface area contributed by atoms with E-state index in [1.165, 1.54) is 12.1 Å². The predicted octanol–water partition coefficient (Wildman–Crippen LogP) is 3.34. The summed E-state index contributed by atoms with van der Waals surface area (Å²) in [6, 6.07) is 5.23. The first kappa shape index (κ1) is 15.7. The molecule has 1 amide bonds. The Hall–Kier alpha value is -1.68. The number of halogens is 3. The van der Waals surface area contributed by atoms with Crippen molar-refractivity contribution in [3.8, 4) is 6.07 Å². The topological polar surface area (TPSA) is 52.9 Å². The highest BCUT2D eigenvalue weighted by atomic mass is 32.2. The summed E-state index contributed by atoms with van der Waals surface area (Å²) in [4.78, 5) is 12.1. The fourth-order valence-corrected chi connectivity index (χ4v) is 2.65. The van der Waals surface area contributed by atoms with E-state index in [4.69, 9.17) is 5.26 Å². The van der Waals surface area contributed by atoms with Crippen LogP contribution in [0, 0.1) is 11.3 Å². The number of alkyl halides is 3. The van der Waals surface area contributed by atoms with Gasteiger partial charge >= 0.3 is 6.18 Å². The minimum absolute atomic E-state index is 0.180. The van der Waals surface area contributed by atoms with Gasteiger partial charge in [-0.1, -0.05) is 0 Å². The SMILES string of the molecule is CC(Sc1ccc(C#N)c(C(F)(F)F)c1)C(=O)NC1CC1. The van der Waals surface area contributed by atoms with E-state index in [1.807, 2.05) is 0 Å². The summed E-state index contributed by atoms with van der Waals surface area (Å²) in [7, 11) is 0. The quantitative estimate of drug-likeness (QED) is 0.867. The molecule has 1 N–H and O–H groups in total. The van der Waals surface area contributed by atoms with Crippen LogP contribution in [0.1, 0.15) is 30.9 Å². The first-order chi connectivity index (χ1) is 9.81. The lowest BCUT2D eigenvalue weighted by atomic mass is 10.1. The third kappa shape index (κ3) is 4.14. The van der Waals surface area contributed by atoms with Gasteiger partial charge in [0.25, 0.3) is 0 Å². The number of hydrogen-bond acceptors (Lipinski definition) is 3. The van der Waals surface area contributed by atoms with Crippen LogP contribution in [0.4, 0.5) is 13.2 Å². The largest absolute Gasteiger partial charge is 0.417 e. The molecule has 2 rings (SSSR count). The second-order valence-corrected chi connectivity index (χ2v) is 6.27. The van der Waals surface area contributed by atoms with E-state index in [0.29, 0.717) is 4.90 Å². The van der Waals surface area contributed by atoms with Crippen LogP contribution in [-0.2, 0) is 11.0 Å². The van der Waals surface area contributed by atoms with E-state index in [9.17, 15) is 18.0 Å². The van der Waals surface area contributed by atoms with Crippen molar-refractivity contribution in [3.05, 3.63) is 29.3 Å². The molecule has 0 radical (unpaired) electrons. The number of rotatable bonds is 4. The van der Waals surface area contributed by atoms with Crippen molar-refractivity contribution >= 4 is 17.7 Å². The number of carbonyl (C=O) groups excluding carboxylic acids is 1. The number of benzene rings is 1. The number of amides is 1. The average Bonchev–Trinajstić information content (AvgIpc) is 3.21. The summed E-state index contributed by atoms with van der Waals surface area (Å²) in [6.07, 6.45) is -2.67. The number of thioether (sulfide) groups is 1. The van der Waals surface area contributed by atoms with Crippen molar-refractivity contribution in [1.82, 2.24) is 5.32 Å². The van der Waals surface area contributed by atoms with Gasteiger partial charge in [0.1, 0.15) is 0 Å². The molecule has 3 nitrogen and oxygen atoms in total. The van der Waals surface area contributed by atoms with Gasteiger partial charge in [-0.05, 0) is 38.0 Å². The van der Waals surface area contributed by atoms with Crippen LogP contribution in [-0.4, -0.2) is 17.2 Å². The lowest BCUT2D eigenvalue weighted by molar-refractivity contribution is -0.137. The van der Waals surface area contributed by atoms with Gasteiger partial charge in [0.2, 0.25) is 5.91 Å². The number of hydrogen-bond donors (Lipinski definition) is 1. The molecule has 0 heterocycles. The molecular weight excluding hydrogens is 301 g/mol. The summed E-state index contributed by atoms with van der Waals surface area (Å²) in [5, 5.41) is 11.0. The molecule has 0 bridgehead atoms. The van der Waals surface area contributed by atoms with Crippen LogP contribution >= 0.6 is 11.8 Å². The summed E-state index contributed by atoms with van der Waals surface area (Å²) in [6.45, 7) is 1.65. The van der Waals surface area contributed by atoms with Gasteiger partial charge in [-0.15, -0.1) is 11.8 Å². The van der Waals surface area contributed by atoms with Gasteiger partial charge in [-0.3, -0.25) is 4.79 Å². The maximum absolute atomic E-state index is 12.9. The molecule has 0 spiro atoms. The molecule has 1 fully saturated rings. The smallest absolute Gasteiger partial charge is 0.352 e. The molecule has 21 heavy (non-hydrogen) atoms. The maximum Gasteiger partial charge on any atom is 0.417 e. The lowest BCUT2D eigenvalue weighted by Gasteiger charge is -2.14. The molecule has 1 aromatic rings. The van der Waals surface area contributed by atoms with Gasteiger partial charge in [0.15, 0.2) is 0 Å². The average molecular weight is 314 g/mol. The van der Waals surface area contributed by atoms with Crippen LogP contribution in [0.25, 0.3) is 0 Å². The number of nitriles is 1. The van der Waals surface area contributed by atoms with Gasteiger partial charge in [-0.2, -0.15) is 18.4 Å². The fourth-order valence-electron chi connectivity index (χ4n) is 1.73. The third-order valence-corrected chi connectivity index (χ3v) is 4.12. The molecule has 0 aliphatic heterocycles. The van der Waals surface area contributed by atoms with Crippen molar-refractivity contribution in [2.75, 3.05) is 0 Å². The Morgan fingerprint density at radius 2 is 2.14 bits per heavy atom. The van der Waals surface area contributed by atoms with Crippen molar-refractivity contribution < 1.29 is 18.0 Å². The molecule has 1 unspecified atom stereocenters. The van der Waals surface area contributed by atoms with Crippen LogP contribution < -0.4 is 5.32 Å². The Morgan fingerprint density at radius 1 is 1.48 bits per heavy atom. The van der Waals surface area contributed by atoms with Crippen molar-refractivity contribution in [2.24, 2.45) is 0 Å². The highest BCUT2D eigenvalue weighted by molar-refractivity contribution is 8.00. The zero-order valence-corrected chi connectivity index (χ0v) is 12.0. The van der Waals surface area contributed by atoms with E-state index in [2.05, 4.69) is 5.32 Å². The first-order valence-electron chi connectivity index (χ1n) is 6.39. The Kier molecular flexibility index (Phi) is 4.47. The normalized spacial score (nSPS) is 16.1. The zero-order chi connectivity index (χ0) is 15.6. The van der Waals surface area contributed by atoms with Crippen LogP contribution in [0.3, 0.4) is 0 Å². The van der Waals surface area contributed by atoms with Crippen molar-refractivity contribution in [1.29, 1.82) is 5.26 Å². The van der Waals surface area contributed by atoms with Crippen LogP contribution in [0.5, 0.6) is 0 Å². The molecule has 1 aliphatic rings. The molecule has 7 heteroatoms. The molecule has 1 atom stereocenters. The standard InChI is InChI=1S/C14H13F3N2OS/c1-8(13(20)19-10-3-4-10)21-11-5-2-9(7-18)12(6-11)14(15,16)17/h2,5-6,8,10H,3-4H2,1H3,(H,19,20). The van der Waals surface area contributed by atoms with Gasteiger partial charge in [-0.25, -0.2) is 0 Å². The van der Waals surface area contributed by atoms with E-state index < -0.39 is 22.6 Å². The van der Waals surface area contributed by atoms with E-state index in [1.54, 1.807) is 6.92 Å². The number of nitrogens with zero attached hydrogens (tertiary/aromatic N) is 1. The van der Waals surface area contributed by atoms with Crippen LogP contribution in [0.15, 0.2) is 23.1 Å². The second-order valence-electron chi connectivity index (χ2n) is 4.86. The molecule has 0 aromatic heterocycles. The molecule has 112 valence electrons. The highest BCUT2D eigenvalue weighted by Crippen LogP contribution is 2.35. The van der Waals surface area contributed by atoms with E-state index in [0.717, 1.165) is 36.7 Å². The predicted molar refractivity (Wildman–Crippen MR) is 72.6 cm³/mol. The lowest BCUT2D eigenvalue weighted by Crippen LogP contribution is -2.32. The molecular formula is C14H13F3N2OS. The van der Waals surface area contributed by atoms with Gasteiger partial charge in [0, 0.05) is 10.9 Å². The van der Waals surface area contributed by atoms with E-state index in [-0.39, 0.29) is 11.9 Å². The summed E-state index contributed by atoms with van der Waals surface area (Å²) in [5.41, 5.74) is -1.38. The molecule has 1 aromatic carbocycles.